The van der Waals surface area contributed by atoms with Crippen molar-refractivity contribution in [2.75, 3.05) is 25.0 Å². The number of nitrogens with one attached hydrogen (secondary N) is 1. The second-order valence-electron chi connectivity index (χ2n) is 7.81. The molecule has 0 aliphatic carbocycles. The van der Waals surface area contributed by atoms with Crippen LogP contribution in [0.4, 0.5) is 5.82 Å². The molecule has 2 aliphatic rings. The zero-order chi connectivity index (χ0) is 20.4. The number of carbonyl (C=O) groups is 1. The van der Waals surface area contributed by atoms with Gasteiger partial charge in [0.15, 0.2) is 0 Å². The fourth-order valence-electron chi connectivity index (χ4n) is 4.34. The first-order valence-electron chi connectivity index (χ1n) is 10.1. The van der Waals surface area contributed by atoms with Gasteiger partial charge in [-0.25, -0.2) is 4.98 Å². The lowest BCUT2D eigenvalue weighted by Gasteiger charge is -2.36. The summed E-state index contributed by atoms with van der Waals surface area (Å²) in [5.74, 6) is 1.05. The van der Waals surface area contributed by atoms with Crippen molar-refractivity contribution in [3.63, 3.8) is 0 Å². The van der Waals surface area contributed by atoms with Crippen molar-refractivity contribution in [3.8, 4) is 6.07 Å². The molecule has 29 heavy (non-hydrogen) atoms. The number of hydrogen-bond donors (Lipinski definition) is 1. The zero-order valence-corrected chi connectivity index (χ0v) is 16.8. The van der Waals surface area contributed by atoms with Crippen molar-refractivity contribution < 1.29 is 9.53 Å². The van der Waals surface area contributed by atoms with Crippen molar-refractivity contribution in [2.45, 2.75) is 38.3 Å². The van der Waals surface area contributed by atoms with Gasteiger partial charge in [0, 0.05) is 38.6 Å². The molecule has 0 radical (unpaired) electrons. The molecule has 2 aromatic heterocycles. The lowest BCUT2D eigenvalue weighted by atomic mass is 9.87. The van der Waals surface area contributed by atoms with Gasteiger partial charge < -0.3 is 15.0 Å². The molecule has 8 nitrogen and oxygen atoms in total. The molecule has 2 atom stereocenters. The van der Waals surface area contributed by atoms with E-state index in [0.717, 1.165) is 25.0 Å². The van der Waals surface area contributed by atoms with Gasteiger partial charge in [0.25, 0.3) is 5.91 Å². The third kappa shape index (κ3) is 3.96. The highest BCUT2D eigenvalue weighted by Gasteiger charge is 2.38. The van der Waals surface area contributed by atoms with E-state index in [9.17, 15) is 10.1 Å². The zero-order valence-electron chi connectivity index (χ0n) is 16.8. The number of pyridine rings is 1. The van der Waals surface area contributed by atoms with Crippen molar-refractivity contribution in [2.24, 2.45) is 13.0 Å². The summed E-state index contributed by atoms with van der Waals surface area (Å²) in [6.45, 7) is 4.05. The maximum absolute atomic E-state index is 12.7. The Morgan fingerprint density at radius 3 is 2.76 bits per heavy atom. The van der Waals surface area contributed by atoms with Crippen molar-refractivity contribution in [3.05, 3.63) is 41.3 Å². The van der Waals surface area contributed by atoms with Crippen LogP contribution in [0.3, 0.4) is 0 Å². The number of hydrogen-bond acceptors (Lipinski definition) is 6. The number of rotatable bonds is 4. The Labute approximate surface area is 170 Å². The van der Waals surface area contributed by atoms with Gasteiger partial charge in [0.2, 0.25) is 0 Å². The summed E-state index contributed by atoms with van der Waals surface area (Å²) in [7, 11) is 1.79. The average molecular weight is 394 g/mol. The van der Waals surface area contributed by atoms with E-state index in [1.54, 1.807) is 30.1 Å². The number of piperidine rings is 1. The molecule has 0 spiro atoms. The van der Waals surface area contributed by atoms with Crippen LogP contribution in [0.15, 0.2) is 24.4 Å². The van der Waals surface area contributed by atoms with Crippen LogP contribution in [0, 0.1) is 24.2 Å². The molecule has 8 heteroatoms. The number of carbonyl (C=O) groups excluding carboxylic acids is 1. The van der Waals surface area contributed by atoms with Gasteiger partial charge in [-0.2, -0.15) is 10.4 Å². The van der Waals surface area contributed by atoms with E-state index < -0.39 is 0 Å². The van der Waals surface area contributed by atoms with Gasteiger partial charge in [0.1, 0.15) is 17.6 Å². The third-order valence-corrected chi connectivity index (χ3v) is 5.94. The average Bonchev–Trinajstić information content (AvgIpc) is 3.37. The van der Waals surface area contributed by atoms with Crippen LogP contribution < -0.4 is 5.32 Å². The number of nitrogens with zero attached hydrogens (tertiary/aromatic N) is 5. The van der Waals surface area contributed by atoms with Crippen LogP contribution in [0.2, 0.25) is 0 Å². The number of aromatic nitrogens is 3. The smallest absolute Gasteiger partial charge is 0.272 e. The molecule has 2 fully saturated rings. The number of aryl methyl sites for hydroxylation is 2. The molecule has 4 heterocycles. The molecule has 1 amide bonds. The molecule has 0 saturated carbocycles. The van der Waals surface area contributed by atoms with Gasteiger partial charge in [-0.15, -0.1) is 0 Å². The molecule has 2 saturated heterocycles. The minimum atomic E-state index is 0.0353. The first-order valence-corrected chi connectivity index (χ1v) is 10.1. The maximum atomic E-state index is 12.7. The van der Waals surface area contributed by atoms with Gasteiger partial charge in [0.05, 0.1) is 17.7 Å². The van der Waals surface area contributed by atoms with E-state index in [0.29, 0.717) is 42.7 Å². The Kier molecular flexibility index (Phi) is 5.49. The number of anilines is 1. The molecule has 1 N–H and O–H groups in total. The van der Waals surface area contributed by atoms with Crippen LogP contribution in [0.25, 0.3) is 0 Å². The highest BCUT2D eigenvalue weighted by molar-refractivity contribution is 5.92. The molecular weight excluding hydrogens is 368 g/mol. The van der Waals surface area contributed by atoms with E-state index in [2.05, 4.69) is 21.5 Å². The Morgan fingerprint density at radius 2 is 2.07 bits per heavy atom. The van der Waals surface area contributed by atoms with Crippen LogP contribution in [0.1, 0.15) is 41.0 Å². The fraction of sp³-hybridized carbons (Fsp3) is 0.524. The summed E-state index contributed by atoms with van der Waals surface area (Å²) in [5, 5.41) is 16.9. The second-order valence-corrected chi connectivity index (χ2v) is 7.81. The maximum Gasteiger partial charge on any atom is 0.272 e. The lowest BCUT2D eigenvalue weighted by Crippen LogP contribution is -2.45. The Balaban J connectivity index is 1.39. The molecule has 0 bridgehead atoms. The number of ether oxygens (including phenoxy) is 1. The van der Waals surface area contributed by atoms with Crippen LogP contribution in [-0.4, -0.2) is 57.4 Å². The van der Waals surface area contributed by atoms with E-state index in [1.807, 2.05) is 17.9 Å². The summed E-state index contributed by atoms with van der Waals surface area (Å²) in [6.07, 6.45) is 4.41. The van der Waals surface area contributed by atoms with Crippen molar-refractivity contribution in [1.29, 1.82) is 5.26 Å². The molecule has 0 unspecified atom stereocenters. The molecule has 0 aromatic carbocycles. The van der Waals surface area contributed by atoms with Gasteiger partial charge in [-0.1, -0.05) is 0 Å². The molecule has 2 aliphatic heterocycles. The Bertz CT molecular complexity index is 925. The topological polar surface area (TPSA) is 96.1 Å². The highest BCUT2D eigenvalue weighted by atomic mass is 16.5. The Hall–Kier alpha value is -2.92. The largest absolute Gasteiger partial charge is 0.376 e. The van der Waals surface area contributed by atoms with Crippen molar-refractivity contribution >= 4 is 11.7 Å². The number of likely N-dealkylation sites (tertiary alicyclic amines) is 1. The summed E-state index contributed by atoms with van der Waals surface area (Å²) in [4.78, 5) is 19.1. The van der Waals surface area contributed by atoms with Crippen LogP contribution in [-0.2, 0) is 11.8 Å². The lowest BCUT2D eigenvalue weighted by molar-refractivity contribution is 0.0257. The molecule has 152 valence electrons. The van der Waals surface area contributed by atoms with E-state index in [1.165, 1.54) is 0 Å². The Morgan fingerprint density at radius 1 is 1.28 bits per heavy atom. The third-order valence-electron chi connectivity index (χ3n) is 5.94. The van der Waals surface area contributed by atoms with Gasteiger partial charge >= 0.3 is 0 Å². The fourth-order valence-corrected chi connectivity index (χ4v) is 4.34. The number of nitriles is 1. The number of amides is 1. The first kappa shape index (κ1) is 19.4. The minimum absolute atomic E-state index is 0.0353. The van der Waals surface area contributed by atoms with E-state index in [-0.39, 0.29) is 18.1 Å². The summed E-state index contributed by atoms with van der Waals surface area (Å²) in [6, 6.07) is 7.75. The predicted octanol–water partition coefficient (Wildman–Crippen LogP) is 2.12. The van der Waals surface area contributed by atoms with Gasteiger partial charge in [-0.3, -0.25) is 9.48 Å². The van der Waals surface area contributed by atoms with Gasteiger partial charge in [-0.05, 0) is 50.3 Å². The highest BCUT2D eigenvalue weighted by Crippen LogP contribution is 2.31. The minimum Gasteiger partial charge on any atom is -0.376 e. The quantitative estimate of drug-likeness (QED) is 0.853. The second kappa shape index (κ2) is 8.21. The summed E-state index contributed by atoms with van der Waals surface area (Å²) >= 11 is 0. The summed E-state index contributed by atoms with van der Waals surface area (Å²) < 4.78 is 7.70. The summed E-state index contributed by atoms with van der Waals surface area (Å²) in [5.41, 5.74) is 2.05. The monoisotopic (exact) mass is 394 g/mol. The van der Waals surface area contributed by atoms with Crippen LogP contribution in [0.5, 0.6) is 0 Å². The van der Waals surface area contributed by atoms with E-state index in [4.69, 9.17) is 4.74 Å². The standard InChI is InChI=1S/C21H26N6O2/c1-14-3-4-16(13-22)20(24-14)25-17-8-12-29-19(17)15-6-10-27(11-7-15)21(28)18-5-9-23-26(18)2/h3-5,9,15,17,19H,6-8,10-12H2,1-2H3,(H,24,25)/t17-,19+/m1/s1. The molecular formula is C21H26N6O2. The van der Waals surface area contributed by atoms with Crippen LogP contribution >= 0.6 is 0 Å². The first-order chi connectivity index (χ1) is 14.1. The molecule has 4 rings (SSSR count). The molecule has 2 aromatic rings. The normalized spacial score (nSPS) is 22.4. The predicted molar refractivity (Wildman–Crippen MR) is 107 cm³/mol. The van der Waals surface area contributed by atoms with Crippen molar-refractivity contribution in [1.82, 2.24) is 19.7 Å². The SMILES string of the molecule is Cc1ccc(C#N)c(N[C@@H]2CCO[C@H]2C2CCN(C(=O)c3ccnn3C)CC2)n1. The van der Waals surface area contributed by atoms with E-state index >= 15 is 0 Å².